The molecule has 0 bridgehead atoms. The lowest BCUT2D eigenvalue weighted by Crippen LogP contribution is -2.68. The molecule has 4 heteroatoms. The van der Waals surface area contributed by atoms with E-state index in [0.29, 0.717) is 6.42 Å². The van der Waals surface area contributed by atoms with Gasteiger partial charge in [0.2, 0.25) is 0 Å². The summed E-state index contributed by atoms with van der Waals surface area (Å²) in [5.41, 5.74) is 0. The molecule has 0 unspecified atom stereocenters. The minimum Gasteiger partial charge on any atom is -0.479 e. The summed E-state index contributed by atoms with van der Waals surface area (Å²) in [4.78, 5) is 12.0. The van der Waals surface area contributed by atoms with E-state index in [1.807, 2.05) is 50.2 Å². The third-order valence-electron chi connectivity index (χ3n) is 4.70. The standard InChI is InChI=1S/C22H30O3Si/c1-17(2)16-20(21(23)24)25-26(22(3,4)5,18-12-8-6-9-13-18)19-14-10-7-11-15-19/h6-15,17,20H,16H2,1-5H3,(H,23,24)/t20-/m0/s1. The Bertz CT molecular complexity index is 666. The second-order valence-corrected chi connectivity index (χ2v) is 12.5. The van der Waals surface area contributed by atoms with E-state index in [4.69, 9.17) is 4.43 Å². The highest BCUT2D eigenvalue weighted by Crippen LogP contribution is 2.38. The molecule has 2 aromatic rings. The molecule has 0 radical (unpaired) electrons. The zero-order chi connectivity index (χ0) is 19.4. The summed E-state index contributed by atoms with van der Waals surface area (Å²) in [6.07, 6.45) is -0.318. The summed E-state index contributed by atoms with van der Waals surface area (Å²) in [7, 11) is -2.82. The molecule has 1 N–H and O–H groups in total. The van der Waals surface area contributed by atoms with Crippen LogP contribution in [0.3, 0.4) is 0 Å². The molecule has 1 atom stereocenters. The van der Waals surface area contributed by atoms with E-state index in [1.54, 1.807) is 0 Å². The lowest BCUT2D eigenvalue weighted by molar-refractivity contribution is -0.146. The fourth-order valence-corrected chi connectivity index (χ4v) is 8.17. The normalized spacial score (nSPS) is 13.6. The van der Waals surface area contributed by atoms with Gasteiger partial charge in [0, 0.05) is 0 Å². The summed E-state index contributed by atoms with van der Waals surface area (Å²) in [5, 5.41) is 11.8. The molecular weight excluding hydrogens is 340 g/mol. The molecule has 0 aliphatic heterocycles. The molecule has 0 aliphatic rings. The van der Waals surface area contributed by atoms with Crippen molar-refractivity contribution in [2.24, 2.45) is 5.92 Å². The third kappa shape index (κ3) is 4.25. The van der Waals surface area contributed by atoms with Gasteiger partial charge in [0.1, 0.15) is 6.10 Å². The molecule has 3 nitrogen and oxygen atoms in total. The van der Waals surface area contributed by atoms with Crippen LogP contribution in [0.15, 0.2) is 60.7 Å². The summed E-state index contributed by atoms with van der Waals surface area (Å²) < 4.78 is 6.69. The predicted octanol–water partition coefficient (Wildman–Crippen LogP) is 4.06. The van der Waals surface area contributed by atoms with Crippen molar-refractivity contribution in [1.29, 1.82) is 0 Å². The molecule has 2 aromatic carbocycles. The van der Waals surface area contributed by atoms with Crippen molar-refractivity contribution in [2.75, 3.05) is 0 Å². The molecule has 140 valence electrons. The molecule has 0 fully saturated rings. The van der Waals surface area contributed by atoms with Gasteiger partial charge in [0.25, 0.3) is 8.32 Å². The van der Waals surface area contributed by atoms with Crippen LogP contribution >= 0.6 is 0 Å². The maximum absolute atomic E-state index is 12.0. The van der Waals surface area contributed by atoms with E-state index in [9.17, 15) is 9.90 Å². The molecule has 2 rings (SSSR count). The Labute approximate surface area is 158 Å². The minimum absolute atomic E-state index is 0.222. The molecule has 0 saturated heterocycles. The monoisotopic (exact) mass is 370 g/mol. The van der Waals surface area contributed by atoms with Gasteiger partial charge >= 0.3 is 5.97 Å². The van der Waals surface area contributed by atoms with Gasteiger partial charge < -0.3 is 9.53 Å². The Morgan fingerprint density at radius 3 is 1.69 bits per heavy atom. The highest BCUT2D eigenvalue weighted by molar-refractivity contribution is 6.99. The second kappa shape index (κ2) is 8.19. The van der Waals surface area contributed by atoms with E-state index >= 15 is 0 Å². The van der Waals surface area contributed by atoms with Crippen LogP contribution in [0.25, 0.3) is 0 Å². The van der Waals surface area contributed by atoms with Crippen LogP contribution in [0.4, 0.5) is 0 Å². The first-order chi connectivity index (χ1) is 12.2. The molecule has 26 heavy (non-hydrogen) atoms. The summed E-state index contributed by atoms with van der Waals surface area (Å²) in [5.74, 6) is -0.638. The zero-order valence-electron chi connectivity index (χ0n) is 16.4. The fourth-order valence-electron chi connectivity index (χ4n) is 3.53. The van der Waals surface area contributed by atoms with Crippen molar-refractivity contribution >= 4 is 24.7 Å². The van der Waals surface area contributed by atoms with Crippen LogP contribution in [0.2, 0.25) is 5.04 Å². The van der Waals surface area contributed by atoms with E-state index < -0.39 is 20.4 Å². The summed E-state index contributed by atoms with van der Waals surface area (Å²) >= 11 is 0. The Kier molecular flexibility index (Phi) is 6.42. The first-order valence-corrected chi connectivity index (χ1v) is 11.1. The van der Waals surface area contributed by atoms with E-state index in [0.717, 1.165) is 10.4 Å². The average molecular weight is 371 g/mol. The number of carboxylic acids is 1. The van der Waals surface area contributed by atoms with Gasteiger partial charge in [0.15, 0.2) is 0 Å². The molecule has 0 aromatic heterocycles. The molecule has 0 saturated carbocycles. The number of carboxylic acid groups (broad SMARTS) is 1. The van der Waals surface area contributed by atoms with Crippen molar-refractivity contribution < 1.29 is 14.3 Å². The van der Waals surface area contributed by atoms with Gasteiger partial charge in [-0.3, -0.25) is 0 Å². The molecule has 0 spiro atoms. The van der Waals surface area contributed by atoms with Gasteiger partial charge in [-0.05, 0) is 27.8 Å². The maximum atomic E-state index is 12.0. The number of rotatable bonds is 7. The van der Waals surface area contributed by atoms with Gasteiger partial charge in [-0.2, -0.15) is 0 Å². The van der Waals surface area contributed by atoms with Gasteiger partial charge in [-0.15, -0.1) is 0 Å². The third-order valence-corrected chi connectivity index (χ3v) is 9.74. The van der Waals surface area contributed by atoms with Gasteiger partial charge in [-0.25, -0.2) is 4.79 Å². The Hall–Kier alpha value is -1.91. The van der Waals surface area contributed by atoms with Crippen LogP contribution < -0.4 is 10.4 Å². The quantitative estimate of drug-likeness (QED) is 0.748. The molecule has 0 aliphatic carbocycles. The van der Waals surface area contributed by atoms with Crippen molar-refractivity contribution in [1.82, 2.24) is 0 Å². The van der Waals surface area contributed by atoms with E-state index in [2.05, 4.69) is 45.0 Å². The maximum Gasteiger partial charge on any atom is 0.331 e. The number of benzene rings is 2. The van der Waals surface area contributed by atoms with Gasteiger partial charge in [-0.1, -0.05) is 95.3 Å². The average Bonchev–Trinajstić information content (AvgIpc) is 2.58. The van der Waals surface area contributed by atoms with Crippen molar-refractivity contribution in [3.05, 3.63) is 60.7 Å². The number of carbonyl (C=O) groups is 1. The Morgan fingerprint density at radius 1 is 0.962 bits per heavy atom. The van der Waals surface area contributed by atoms with Crippen LogP contribution in [0.5, 0.6) is 0 Å². The summed E-state index contributed by atoms with van der Waals surface area (Å²) in [6.45, 7) is 10.5. The van der Waals surface area contributed by atoms with E-state index in [-0.39, 0.29) is 11.0 Å². The fraction of sp³-hybridized carbons (Fsp3) is 0.409. The van der Waals surface area contributed by atoms with Crippen LogP contribution in [-0.2, 0) is 9.22 Å². The molecular formula is C22H30O3Si. The topological polar surface area (TPSA) is 46.5 Å². The highest BCUT2D eigenvalue weighted by atomic mass is 28.4. The number of aliphatic carboxylic acids is 1. The first-order valence-electron chi connectivity index (χ1n) is 9.20. The van der Waals surface area contributed by atoms with Crippen LogP contribution in [0, 0.1) is 5.92 Å². The zero-order valence-corrected chi connectivity index (χ0v) is 17.4. The number of hydrogen-bond acceptors (Lipinski definition) is 2. The minimum atomic E-state index is -2.82. The highest BCUT2D eigenvalue weighted by Gasteiger charge is 2.52. The van der Waals surface area contributed by atoms with Gasteiger partial charge in [0.05, 0.1) is 0 Å². The van der Waals surface area contributed by atoms with E-state index in [1.165, 1.54) is 0 Å². The predicted molar refractivity (Wildman–Crippen MR) is 110 cm³/mol. The summed E-state index contributed by atoms with van der Waals surface area (Å²) in [6, 6.07) is 20.3. The smallest absolute Gasteiger partial charge is 0.331 e. The SMILES string of the molecule is CC(C)C[C@H](O[Si](c1ccccc1)(c1ccccc1)C(C)(C)C)C(=O)O. The van der Waals surface area contributed by atoms with Crippen molar-refractivity contribution in [3.63, 3.8) is 0 Å². The Morgan fingerprint density at radius 2 is 1.38 bits per heavy atom. The molecule has 0 heterocycles. The van der Waals surface area contributed by atoms with Crippen molar-refractivity contribution in [2.45, 2.75) is 52.2 Å². The largest absolute Gasteiger partial charge is 0.479 e. The second-order valence-electron chi connectivity index (χ2n) is 8.24. The lowest BCUT2D eigenvalue weighted by atomic mass is 10.1. The first kappa shape index (κ1) is 20.4. The van der Waals surface area contributed by atoms with Crippen LogP contribution in [0.1, 0.15) is 41.0 Å². The lowest BCUT2D eigenvalue weighted by Gasteiger charge is -2.44. The molecule has 0 amide bonds. The van der Waals surface area contributed by atoms with Crippen LogP contribution in [-0.4, -0.2) is 25.5 Å². The number of hydrogen-bond donors (Lipinski definition) is 1. The Balaban J connectivity index is 2.69. The van der Waals surface area contributed by atoms with Crippen molar-refractivity contribution in [3.8, 4) is 0 Å².